The smallest absolute Gasteiger partial charge is 0.272 e. The van der Waals surface area contributed by atoms with Crippen LogP contribution in [0.15, 0.2) is 17.1 Å². The van der Waals surface area contributed by atoms with Crippen molar-refractivity contribution in [2.24, 2.45) is 0 Å². The van der Waals surface area contributed by atoms with Gasteiger partial charge in [-0.3, -0.25) is 9.59 Å². The standard InChI is InChI=1S/C15H22N2O3/c1-2-3-4-10-20-11-13(18)17-9-5-6-12-7-8-16-15(19)14(12)17/h7-8H,2-6,9-11H2,1H3,(H,16,19). The van der Waals surface area contributed by atoms with Crippen LogP contribution >= 0.6 is 0 Å². The van der Waals surface area contributed by atoms with Crippen molar-refractivity contribution in [1.82, 2.24) is 4.98 Å². The van der Waals surface area contributed by atoms with E-state index >= 15 is 0 Å². The van der Waals surface area contributed by atoms with Crippen molar-refractivity contribution in [3.05, 3.63) is 28.2 Å². The molecule has 0 aromatic carbocycles. The van der Waals surface area contributed by atoms with E-state index in [4.69, 9.17) is 4.74 Å². The van der Waals surface area contributed by atoms with Crippen LogP contribution in [0.5, 0.6) is 0 Å². The van der Waals surface area contributed by atoms with Crippen molar-refractivity contribution in [2.45, 2.75) is 39.0 Å². The van der Waals surface area contributed by atoms with Gasteiger partial charge >= 0.3 is 0 Å². The highest BCUT2D eigenvalue weighted by Gasteiger charge is 2.24. The number of rotatable bonds is 6. The van der Waals surface area contributed by atoms with Gasteiger partial charge < -0.3 is 14.6 Å². The molecule has 1 aliphatic rings. The number of carbonyl (C=O) groups is 1. The summed E-state index contributed by atoms with van der Waals surface area (Å²) >= 11 is 0. The SMILES string of the molecule is CCCCCOCC(=O)N1CCCc2cc[nH]c(=O)c21. The molecule has 0 unspecified atom stereocenters. The number of unbranched alkanes of at least 4 members (excludes halogenated alkanes) is 2. The first-order valence-corrected chi connectivity index (χ1v) is 7.32. The highest BCUT2D eigenvalue weighted by atomic mass is 16.5. The number of hydrogen-bond acceptors (Lipinski definition) is 3. The molecule has 0 aliphatic carbocycles. The van der Waals surface area contributed by atoms with E-state index in [0.29, 0.717) is 18.8 Å². The highest BCUT2D eigenvalue weighted by molar-refractivity contribution is 5.95. The molecule has 0 radical (unpaired) electrons. The van der Waals surface area contributed by atoms with Crippen molar-refractivity contribution in [3.8, 4) is 0 Å². The van der Waals surface area contributed by atoms with Crippen LogP contribution in [0.4, 0.5) is 5.69 Å². The molecule has 5 nitrogen and oxygen atoms in total. The maximum Gasteiger partial charge on any atom is 0.272 e. The highest BCUT2D eigenvalue weighted by Crippen LogP contribution is 2.22. The fourth-order valence-electron chi connectivity index (χ4n) is 2.49. The van der Waals surface area contributed by atoms with E-state index in [1.54, 1.807) is 11.1 Å². The van der Waals surface area contributed by atoms with Crippen LogP contribution in [-0.4, -0.2) is 30.6 Å². The zero-order valence-corrected chi connectivity index (χ0v) is 12.0. The number of ether oxygens (including phenoxy) is 1. The summed E-state index contributed by atoms with van der Waals surface area (Å²) < 4.78 is 5.40. The fraction of sp³-hybridized carbons (Fsp3) is 0.600. The number of nitrogens with zero attached hydrogens (tertiary/aromatic N) is 1. The van der Waals surface area contributed by atoms with Gasteiger partial charge in [0.15, 0.2) is 0 Å². The van der Waals surface area contributed by atoms with E-state index < -0.39 is 0 Å². The molecule has 1 N–H and O–H groups in total. The Labute approximate surface area is 118 Å². The van der Waals surface area contributed by atoms with Gasteiger partial charge in [-0.05, 0) is 30.9 Å². The molecule has 5 heteroatoms. The predicted octanol–water partition coefficient (Wildman–Crippen LogP) is 1.86. The third kappa shape index (κ3) is 3.48. The lowest BCUT2D eigenvalue weighted by atomic mass is 10.0. The van der Waals surface area contributed by atoms with Gasteiger partial charge in [0.2, 0.25) is 0 Å². The van der Waals surface area contributed by atoms with Crippen LogP contribution in [0.3, 0.4) is 0 Å². The molecule has 0 spiro atoms. The van der Waals surface area contributed by atoms with Crippen LogP contribution in [0.1, 0.15) is 38.2 Å². The van der Waals surface area contributed by atoms with Gasteiger partial charge in [-0.15, -0.1) is 0 Å². The van der Waals surface area contributed by atoms with Gasteiger partial charge in [-0.25, -0.2) is 0 Å². The number of aromatic amines is 1. The lowest BCUT2D eigenvalue weighted by molar-refractivity contribution is -0.123. The average molecular weight is 278 g/mol. The van der Waals surface area contributed by atoms with Gasteiger partial charge in [0.1, 0.15) is 12.3 Å². The summed E-state index contributed by atoms with van der Waals surface area (Å²) in [6.45, 7) is 3.38. The van der Waals surface area contributed by atoms with E-state index in [-0.39, 0.29) is 18.1 Å². The molecule has 0 atom stereocenters. The second-order valence-electron chi connectivity index (χ2n) is 5.09. The molecule has 1 aliphatic heterocycles. The number of fused-ring (bicyclic) bond motifs is 1. The second kappa shape index (κ2) is 7.24. The lowest BCUT2D eigenvalue weighted by Gasteiger charge is -2.28. The molecule has 0 saturated heterocycles. The Morgan fingerprint density at radius 1 is 1.45 bits per heavy atom. The van der Waals surface area contributed by atoms with Crippen molar-refractivity contribution >= 4 is 11.6 Å². The molecule has 0 fully saturated rings. The number of pyridine rings is 1. The number of hydrogen-bond donors (Lipinski definition) is 1. The van der Waals surface area contributed by atoms with Gasteiger partial charge in [-0.2, -0.15) is 0 Å². The summed E-state index contributed by atoms with van der Waals surface area (Å²) in [6.07, 6.45) is 6.59. The first-order valence-electron chi connectivity index (χ1n) is 7.32. The zero-order valence-electron chi connectivity index (χ0n) is 12.0. The quantitative estimate of drug-likeness (QED) is 0.808. The maximum absolute atomic E-state index is 12.2. The Morgan fingerprint density at radius 3 is 3.10 bits per heavy atom. The number of anilines is 1. The summed E-state index contributed by atoms with van der Waals surface area (Å²) in [4.78, 5) is 28.3. The topological polar surface area (TPSA) is 62.4 Å². The molecule has 20 heavy (non-hydrogen) atoms. The Balaban J connectivity index is 1.97. The Hall–Kier alpha value is -1.62. The minimum Gasteiger partial charge on any atom is -0.372 e. The third-order valence-electron chi connectivity index (χ3n) is 3.53. The summed E-state index contributed by atoms with van der Waals surface area (Å²) in [5.41, 5.74) is 1.25. The van der Waals surface area contributed by atoms with Gasteiger partial charge in [0.25, 0.3) is 11.5 Å². The second-order valence-corrected chi connectivity index (χ2v) is 5.09. The molecule has 1 aromatic rings. The Kier molecular flexibility index (Phi) is 5.35. The van der Waals surface area contributed by atoms with E-state index in [0.717, 1.165) is 37.7 Å². The maximum atomic E-state index is 12.2. The number of aryl methyl sites for hydroxylation is 1. The Morgan fingerprint density at radius 2 is 2.30 bits per heavy atom. The minimum absolute atomic E-state index is 0.0531. The monoisotopic (exact) mass is 278 g/mol. The summed E-state index contributed by atoms with van der Waals surface area (Å²) in [6, 6.07) is 1.87. The van der Waals surface area contributed by atoms with Gasteiger partial charge in [-0.1, -0.05) is 19.8 Å². The summed E-state index contributed by atoms with van der Waals surface area (Å²) in [5, 5.41) is 0. The first-order chi connectivity index (χ1) is 9.74. The molecule has 0 saturated carbocycles. The molecule has 0 bridgehead atoms. The number of aromatic nitrogens is 1. The lowest BCUT2D eigenvalue weighted by Crippen LogP contribution is -2.41. The minimum atomic E-state index is -0.193. The van der Waals surface area contributed by atoms with Crippen LogP contribution in [0, 0.1) is 0 Å². The van der Waals surface area contributed by atoms with E-state index in [2.05, 4.69) is 11.9 Å². The van der Waals surface area contributed by atoms with Crippen molar-refractivity contribution in [3.63, 3.8) is 0 Å². The molecule has 1 aromatic heterocycles. The van der Waals surface area contributed by atoms with E-state index in [9.17, 15) is 9.59 Å². The predicted molar refractivity (Wildman–Crippen MR) is 78.1 cm³/mol. The Bertz CT molecular complexity index is 510. The summed E-state index contributed by atoms with van der Waals surface area (Å²) in [5.74, 6) is -0.126. The molecule has 2 rings (SSSR count). The van der Waals surface area contributed by atoms with Crippen LogP contribution in [0.2, 0.25) is 0 Å². The fourth-order valence-corrected chi connectivity index (χ4v) is 2.49. The molecule has 1 amide bonds. The van der Waals surface area contributed by atoms with Crippen molar-refractivity contribution in [2.75, 3.05) is 24.7 Å². The average Bonchev–Trinajstić information content (AvgIpc) is 2.46. The van der Waals surface area contributed by atoms with Gasteiger partial charge in [0, 0.05) is 19.3 Å². The number of carbonyl (C=O) groups excluding carboxylic acids is 1. The van der Waals surface area contributed by atoms with E-state index in [1.807, 2.05) is 6.07 Å². The number of nitrogens with one attached hydrogen (secondary N) is 1. The van der Waals surface area contributed by atoms with Crippen LogP contribution < -0.4 is 10.5 Å². The largest absolute Gasteiger partial charge is 0.372 e. The van der Waals surface area contributed by atoms with Crippen molar-refractivity contribution < 1.29 is 9.53 Å². The molecule has 2 heterocycles. The van der Waals surface area contributed by atoms with E-state index in [1.165, 1.54) is 0 Å². The number of H-pyrrole nitrogens is 1. The zero-order chi connectivity index (χ0) is 14.4. The number of amides is 1. The molecule has 110 valence electrons. The van der Waals surface area contributed by atoms with Gasteiger partial charge in [0.05, 0.1) is 0 Å². The van der Waals surface area contributed by atoms with Crippen LogP contribution in [-0.2, 0) is 16.0 Å². The molecular formula is C15H22N2O3. The third-order valence-corrected chi connectivity index (χ3v) is 3.53. The van der Waals surface area contributed by atoms with Crippen molar-refractivity contribution in [1.29, 1.82) is 0 Å². The molecular weight excluding hydrogens is 256 g/mol. The van der Waals surface area contributed by atoms with Crippen LogP contribution in [0.25, 0.3) is 0 Å². The summed E-state index contributed by atoms with van der Waals surface area (Å²) in [7, 11) is 0. The first kappa shape index (κ1) is 14.8. The normalized spacial score (nSPS) is 14.2.